The van der Waals surface area contributed by atoms with Gasteiger partial charge in [0.2, 0.25) is 0 Å². The summed E-state index contributed by atoms with van der Waals surface area (Å²) in [6.07, 6.45) is 22.2. The van der Waals surface area contributed by atoms with E-state index in [0.717, 1.165) is 12.8 Å². The van der Waals surface area contributed by atoms with Crippen molar-refractivity contribution in [1.82, 2.24) is 0 Å². The van der Waals surface area contributed by atoms with E-state index in [2.05, 4.69) is 102 Å². The van der Waals surface area contributed by atoms with Gasteiger partial charge in [-0.05, 0) is 67.3 Å². The molecule has 3 N–H and O–H groups in total. The van der Waals surface area contributed by atoms with Crippen molar-refractivity contribution < 1.29 is 33.2 Å². The SMILES string of the molecule is CC#CC#CC#CC#CC#CC#CC#CC#COCOC(COC=CCCCCCCCCCCCCCC)COP(O)OOCCN. The monoisotopic (exact) mass is 673 g/mol. The molecule has 0 aromatic heterocycles. The third kappa shape index (κ3) is 36.5. The predicted octanol–water partition coefficient (Wildman–Crippen LogP) is 6.11. The van der Waals surface area contributed by atoms with Crippen LogP contribution in [0.1, 0.15) is 97.3 Å². The molecule has 0 saturated carbocycles. The van der Waals surface area contributed by atoms with Crippen molar-refractivity contribution in [3.05, 3.63) is 12.3 Å². The number of rotatable bonds is 26. The molecule has 2 unspecified atom stereocenters. The van der Waals surface area contributed by atoms with E-state index >= 15 is 0 Å². The Morgan fingerprint density at radius 2 is 1.21 bits per heavy atom. The second-order valence-corrected chi connectivity index (χ2v) is 10.6. The maximum atomic E-state index is 9.80. The summed E-state index contributed by atoms with van der Waals surface area (Å²) in [6, 6.07) is 0. The molecule has 48 heavy (non-hydrogen) atoms. The molecule has 256 valence electrons. The molecule has 9 heteroatoms. The van der Waals surface area contributed by atoms with Crippen molar-refractivity contribution in [3.63, 3.8) is 0 Å². The molecular formula is C39H48NO7P. The Morgan fingerprint density at radius 1 is 0.688 bits per heavy atom. The molecule has 0 radical (unpaired) electrons. The number of ether oxygens (including phenoxy) is 3. The lowest BCUT2D eigenvalue weighted by molar-refractivity contribution is -0.213. The molecule has 0 aliphatic carbocycles. The van der Waals surface area contributed by atoms with Gasteiger partial charge in [0.05, 0.1) is 19.5 Å². The molecular weight excluding hydrogens is 625 g/mol. The molecule has 8 nitrogen and oxygen atoms in total. The summed E-state index contributed by atoms with van der Waals surface area (Å²) in [6.45, 7) is 4.27. The minimum atomic E-state index is -2.27. The van der Waals surface area contributed by atoms with E-state index in [9.17, 15) is 4.89 Å². The van der Waals surface area contributed by atoms with Crippen LogP contribution in [0.15, 0.2) is 12.3 Å². The van der Waals surface area contributed by atoms with Crippen molar-refractivity contribution in [2.45, 2.75) is 103 Å². The standard InChI is InChI=1S/C39H48NO7P/c1-3-5-7-9-11-13-15-17-19-21-23-25-27-29-31-34-43-38-44-39(37-46-48(41)47-45-35-32-40)36-42-33-30-28-26-24-22-20-18-16-14-12-10-8-6-4-2/h30,33,39,41H,4,6,8,10,12,14,16,18,20,22,24,26,28,32,35-38,40H2,1-2H3. The van der Waals surface area contributed by atoms with Crippen LogP contribution in [0, 0.1) is 94.9 Å². The summed E-state index contributed by atoms with van der Waals surface area (Å²) in [7, 11) is -2.27. The Hall–Kier alpha value is -3.99. The molecule has 0 aliphatic heterocycles. The lowest BCUT2D eigenvalue weighted by Gasteiger charge is -2.17. The number of nitrogens with two attached hydrogens (primary N) is 1. The Labute approximate surface area is 290 Å². The summed E-state index contributed by atoms with van der Waals surface area (Å²) in [5, 5.41) is 0. The van der Waals surface area contributed by atoms with Crippen LogP contribution < -0.4 is 5.73 Å². The van der Waals surface area contributed by atoms with E-state index in [1.807, 2.05) is 6.08 Å². The molecule has 0 fully saturated rings. The summed E-state index contributed by atoms with van der Waals surface area (Å²) < 4.78 is 26.3. The van der Waals surface area contributed by atoms with Gasteiger partial charge in [-0.15, -0.1) is 0 Å². The molecule has 0 bridgehead atoms. The van der Waals surface area contributed by atoms with Crippen LogP contribution in [-0.4, -0.2) is 44.2 Å². The van der Waals surface area contributed by atoms with Crippen molar-refractivity contribution in [2.24, 2.45) is 5.73 Å². The van der Waals surface area contributed by atoms with Crippen molar-refractivity contribution >= 4 is 8.60 Å². The molecule has 2 atom stereocenters. The zero-order valence-electron chi connectivity index (χ0n) is 28.4. The second-order valence-electron chi connectivity index (χ2n) is 9.75. The van der Waals surface area contributed by atoms with Gasteiger partial charge in [-0.2, -0.15) is 4.67 Å². The molecule has 0 saturated heterocycles. The van der Waals surface area contributed by atoms with E-state index in [0.29, 0.717) is 0 Å². The average Bonchev–Trinajstić information content (AvgIpc) is 3.09. The van der Waals surface area contributed by atoms with Crippen LogP contribution in [0.4, 0.5) is 0 Å². The summed E-state index contributed by atoms with van der Waals surface area (Å²) in [5.41, 5.74) is 5.32. The Bertz CT molecular complexity index is 1370. The maximum Gasteiger partial charge on any atom is 0.360 e. The van der Waals surface area contributed by atoms with Crippen molar-refractivity contribution in [2.75, 3.05) is 33.2 Å². The molecule has 0 rings (SSSR count). The summed E-state index contributed by atoms with van der Waals surface area (Å²) >= 11 is 0. The first-order valence-corrected chi connectivity index (χ1v) is 17.4. The van der Waals surface area contributed by atoms with Gasteiger partial charge < -0.3 is 29.4 Å². The molecule has 0 heterocycles. The fourth-order valence-corrected chi connectivity index (χ4v) is 4.01. The Kier molecular flexibility index (Phi) is 35.9. The van der Waals surface area contributed by atoms with Gasteiger partial charge in [-0.25, -0.2) is 4.89 Å². The van der Waals surface area contributed by atoms with Gasteiger partial charge in [0.25, 0.3) is 0 Å². The molecule has 0 amide bonds. The van der Waals surface area contributed by atoms with E-state index < -0.39 is 14.7 Å². The summed E-state index contributed by atoms with van der Waals surface area (Å²) in [5.74, 6) is 38.0. The Balaban J connectivity index is 4.38. The van der Waals surface area contributed by atoms with E-state index in [4.69, 9.17) is 34.0 Å². The number of hydrogen-bond donors (Lipinski definition) is 2. The zero-order valence-corrected chi connectivity index (χ0v) is 29.3. The smallest absolute Gasteiger partial charge is 0.360 e. The Morgan fingerprint density at radius 3 is 1.75 bits per heavy atom. The van der Waals surface area contributed by atoms with Crippen LogP contribution in [0.2, 0.25) is 0 Å². The van der Waals surface area contributed by atoms with Gasteiger partial charge in [0, 0.05) is 48.0 Å². The number of hydrogen-bond acceptors (Lipinski definition) is 8. The second kappa shape index (κ2) is 39.2. The highest BCUT2D eigenvalue weighted by Gasteiger charge is 2.16. The van der Waals surface area contributed by atoms with Gasteiger partial charge in [0.15, 0.2) is 6.79 Å². The molecule has 0 spiro atoms. The number of unbranched alkanes of at least 4 members (excludes halogenated alkanes) is 12. The molecule has 0 aliphatic rings. The van der Waals surface area contributed by atoms with Crippen LogP contribution >= 0.6 is 8.60 Å². The van der Waals surface area contributed by atoms with Gasteiger partial charge in [0.1, 0.15) is 18.8 Å². The maximum absolute atomic E-state index is 9.80. The van der Waals surface area contributed by atoms with Crippen LogP contribution in [0.25, 0.3) is 0 Å². The van der Waals surface area contributed by atoms with Crippen molar-refractivity contribution in [3.8, 4) is 94.9 Å². The van der Waals surface area contributed by atoms with E-state index in [1.165, 1.54) is 70.6 Å². The fraction of sp³-hybridized carbons (Fsp3) is 0.538. The van der Waals surface area contributed by atoms with Crippen LogP contribution in [0.3, 0.4) is 0 Å². The first kappa shape index (κ1) is 44.0. The third-order valence-corrected chi connectivity index (χ3v) is 6.41. The largest absolute Gasteiger partial charge is 0.499 e. The van der Waals surface area contributed by atoms with Crippen LogP contribution in [0.5, 0.6) is 0 Å². The van der Waals surface area contributed by atoms with Gasteiger partial charge in [-0.3, -0.25) is 0 Å². The van der Waals surface area contributed by atoms with E-state index in [1.54, 1.807) is 13.2 Å². The average molecular weight is 674 g/mol. The van der Waals surface area contributed by atoms with Crippen molar-refractivity contribution in [1.29, 1.82) is 0 Å². The highest BCUT2D eigenvalue weighted by atomic mass is 31.2. The quantitative estimate of drug-likeness (QED) is 0.0216. The minimum absolute atomic E-state index is 0.0345. The van der Waals surface area contributed by atoms with Gasteiger partial charge in [-0.1, -0.05) is 83.5 Å². The lowest BCUT2D eigenvalue weighted by atomic mass is 10.0. The molecule has 0 aromatic rings. The first-order chi connectivity index (χ1) is 23.7. The zero-order chi connectivity index (χ0) is 34.9. The van der Waals surface area contributed by atoms with Crippen LogP contribution in [-0.2, 0) is 28.3 Å². The first-order valence-electron chi connectivity index (χ1n) is 16.3. The molecule has 0 aromatic carbocycles. The van der Waals surface area contributed by atoms with Gasteiger partial charge >= 0.3 is 8.60 Å². The van der Waals surface area contributed by atoms with E-state index in [-0.39, 0.29) is 33.2 Å². The third-order valence-electron chi connectivity index (χ3n) is 5.81. The highest BCUT2D eigenvalue weighted by Crippen LogP contribution is 2.33. The predicted molar refractivity (Wildman–Crippen MR) is 191 cm³/mol. The summed E-state index contributed by atoms with van der Waals surface area (Å²) in [4.78, 5) is 14.5. The highest BCUT2D eigenvalue weighted by molar-refractivity contribution is 7.40. The fourth-order valence-electron chi connectivity index (χ4n) is 3.50. The topological polar surface area (TPSA) is 102 Å². The number of allylic oxidation sites excluding steroid dienone is 1. The minimum Gasteiger partial charge on any atom is -0.499 e. The normalized spacial score (nSPS) is 10.3. The lowest BCUT2D eigenvalue weighted by Crippen LogP contribution is -2.25.